The summed E-state index contributed by atoms with van der Waals surface area (Å²) in [6.07, 6.45) is 0. The van der Waals surface area contributed by atoms with Crippen LogP contribution in [-0.2, 0) is 6.54 Å². The molecule has 2 rings (SSSR count). The largest absolute Gasteiger partial charge is 0.493 e. The lowest BCUT2D eigenvalue weighted by Crippen LogP contribution is -1.93. The van der Waals surface area contributed by atoms with Crippen molar-refractivity contribution in [1.29, 1.82) is 0 Å². The summed E-state index contributed by atoms with van der Waals surface area (Å²) in [6.45, 7) is 0.290. The lowest BCUT2D eigenvalue weighted by atomic mass is 10.1. The minimum absolute atomic E-state index is 0.290. The van der Waals surface area contributed by atoms with E-state index in [1.807, 2.05) is 0 Å². The third-order valence-electron chi connectivity index (χ3n) is 2.52. The van der Waals surface area contributed by atoms with E-state index in [-0.39, 0.29) is 6.54 Å². The molecule has 0 aliphatic heterocycles. The predicted octanol–water partition coefficient (Wildman–Crippen LogP) is 2.47. The second kappa shape index (κ2) is 5.29. The number of rotatable bonds is 4. The van der Waals surface area contributed by atoms with Crippen LogP contribution in [0.15, 0.2) is 22.7 Å². The molecule has 96 valence electrons. The van der Waals surface area contributed by atoms with Crippen LogP contribution >= 0.6 is 11.6 Å². The Kier molecular flexibility index (Phi) is 3.74. The van der Waals surface area contributed by atoms with E-state index in [1.54, 1.807) is 25.3 Å². The van der Waals surface area contributed by atoms with Gasteiger partial charge in [-0.3, -0.25) is 0 Å². The number of nitrogens with two attached hydrogens (primary N) is 1. The van der Waals surface area contributed by atoms with Gasteiger partial charge >= 0.3 is 0 Å². The topological polar surface area (TPSA) is 70.5 Å². The fourth-order valence-electron chi connectivity index (χ4n) is 1.62. The molecule has 0 aliphatic rings. The van der Waals surface area contributed by atoms with Crippen LogP contribution in [0.1, 0.15) is 5.76 Å². The average molecular weight is 269 g/mol. The highest BCUT2D eigenvalue weighted by molar-refractivity contribution is 6.35. The van der Waals surface area contributed by atoms with Gasteiger partial charge in [-0.05, 0) is 12.1 Å². The first-order valence-corrected chi connectivity index (χ1v) is 5.65. The molecule has 0 saturated heterocycles. The normalized spacial score (nSPS) is 10.4. The van der Waals surface area contributed by atoms with Crippen molar-refractivity contribution in [2.45, 2.75) is 6.54 Å². The maximum Gasteiger partial charge on any atom is 0.180 e. The monoisotopic (exact) mass is 268 g/mol. The molecule has 1 aromatic heterocycles. The number of ether oxygens (including phenoxy) is 2. The van der Waals surface area contributed by atoms with Crippen LogP contribution in [0.4, 0.5) is 0 Å². The van der Waals surface area contributed by atoms with Crippen molar-refractivity contribution >= 4 is 11.6 Å². The Bertz CT molecular complexity index is 554. The molecule has 6 heteroatoms. The number of hydrogen-bond donors (Lipinski definition) is 1. The van der Waals surface area contributed by atoms with Gasteiger partial charge in [0.15, 0.2) is 17.3 Å². The summed E-state index contributed by atoms with van der Waals surface area (Å²) < 4.78 is 15.4. The number of benzene rings is 1. The van der Waals surface area contributed by atoms with Gasteiger partial charge in [-0.15, -0.1) is 0 Å². The maximum atomic E-state index is 6.26. The van der Waals surface area contributed by atoms with Crippen molar-refractivity contribution in [1.82, 2.24) is 5.16 Å². The highest BCUT2D eigenvalue weighted by Crippen LogP contribution is 2.41. The number of halogens is 1. The first kappa shape index (κ1) is 12.7. The summed E-state index contributed by atoms with van der Waals surface area (Å²) in [4.78, 5) is 0. The molecule has 5 nitrogen and oxygen atoms in total. The molecule has 0 spiro atoms. The Morgan fingerprint density at radius 2 is 2.11 bits per heavy atom. The Morgan fingerprint density at radius 1 is 1.33 bits per heavy atom. The lowest BCUT2D eigenvalue weighted by molar-refractivity contribution is 0.355. The van der Waals surface area contributed by atoms with Crippen molar-refractivity contribution in [3.63, 3.8) is 0 Å². The zero-order valence-corrected chi connectivity index (χ0v) is 10.8. The van der Waals surface area contributed by atoms with Crippen LogP contribution in [0.2, 0.25) is 5.02 Å². The maximum absolute atomic E-state index is 6.26. The molecule has 1 heterocycles. The van der Waals surface area contributed by atoms with Crippen LogP contribution in [-0.4, -0.2) is 19.4 Å². The van der Waals surface area contributed by atoms with Crippen LogP contribution in [0.3, 0.4) is 0 Å². The number of aromatic nitrogens is 1. The summed E-state index contributed by atoms with van der Waals surface area (Å²) >= 11 is 6.26. The zero-order valence-electron chi connectivity index (χ0n) is 10.1. The van der Waals surface area contributed by atoms with Crippen molar-refractivity contribution in [2.24, 2.45) is 5.73 Å². The molecule has 2 aromatic rings. The first-order chi connectivity index (χ1) is 8.71. The number of hydrogen-bond acceptors (Lipinski definition) is 5. The summed E-state index contributed by atoms with van der Waals surface area (Å²) in [5.74, 6) is 1.62. The molecule has 0 atom stereocenters. The van der Waals surface area contributed by atoms with Crippen molar-refractivity contribution in [3.8, 4) is 22.8 Å². The predicted molar refractivity (Wildman–Crippen MR) is 67.9 cm³/mol. The molecular weight excluding hydrogens is 256 g/mol. The van der Waals surface area contributed by atoms with Gasteiger partial charge in [0.1, 0.15) is 5.69 Å². The zero-order chi connectivity index (χ0) is 13.1. The molecule has 2 N–H and O–H groups in total. The van der Waals surface area contributed by atoms with E-state index >= 15 is 0 Å². The van der Waals surface area contributed by atoms with Gasteiger partial charge in [0.05, 0.1) is 25.8 Å². The van der Waals surface area contributed by atoms with Gasteiger partial charge in [-0.25, -0.2) is 0 Å². The van der Waals surface area contributed by atoms with Crippen LogP contribution in [0.25, 0.3) is 11.3 Å². The molecule has 0 fully saturated rings. The molecule has 18 heavy (non-hydrogen) atoms. The summed E-state index contributed by atoms with van der Waals surface area (Å²) in [5, 5.41) is 4.34. The number of nitrogens with zero attached hydrogens (tertiary/aromatic N) is 1. The molecule has 0 radical (unpaired) electrons. The van der Waals surface area contributed by atoms with E-state index in [9.17, 15) is 0 Å². The van der Waals surface area contributed by atoms with Gasteiger partial charge in [0, 0.05) is 11.6 Å². The molecule has 0 bridgehead atoms. The van der Waals surface area contributed by atoms with Crippen LogP contribution in [0, 0.1) is 0 Å². The molecular formula is C12H13ClN2O3. The standard InChI is InChI=1S/C12H13ClN2O3/c1-16-10-4-3-8(11(13)12(10)17-2)9-5-7(6-14)18-15-9/h3-5H,6,14H2,1-2H3. The fraction of sp³-hybridized carbons (Fsp3) is 0.250. The second-order valence-electron chi connectivity index (χ2n) is 3.55. The first-order valence-electron chi connectivity index (χ1n) is 5.27. The molecule has 0 saturated carbocycles. The SMILES string of the molecule is COc1ccc(-c2cc(CN)on2)c(Cl)c1OC. The van der Waals surface area contributed by atoms with E-state index in [0.29, 0.717) is 33.5 Å². The van der Waals surface area contributed by atoms with Crippen molar-refractivity contribution in [2.75, 3.05) is 14.2 Å². The highest BCUT2D eigenvalue weighted by Gasteiger charge is 2.16. The van der Waals surface area contributed by atoms with E-state index < -0.39 is 0 Å². The van der Waals surface area contributed by atoms with E-state index in [0.717, 1.165) is 0 Å². The Labute approximate surface area is 109 Å². The third kappa shape index (κ3) is 2.14. The van der Waals surface area contributed by atoms with Crippen LogP contribution < -0.4 is 15.2 Å². The average Bonchev–Trinajstić information content (AvgIpc) is 2.86. The molecule has 0 amide bonds. The van der Waals surface area contributed by atoms with Gasteiger partial charge in [-0.1, -0.05) is 16.8 Å². The summed E-state index contributed by atoms with van der Waals surface area (Å²) in [5.41, 5.74) is 6.79. The third-order valence-corrected chi connectivity index (χ3v) is 2.90. The Hall–Kier alpha value is -1.72. The minimum Gasteiger partial charge on any atom is -0.493 e. The van der Waals surface area contributed by atoms with Crippen molar-refractivity contribution < 1.29 is 14.0 Å². The fourth-order valence-corrected chi connectivity index (χ4v) is 1.95. The Balaban J connectivity index is 2.51. The van der Waals surface area contributed by atoms with Crippen molar-refractivity contribution in [3.05, 3.63) is 29.0 Å². The van der Waals surface area contributed by atoms with Gasteiger partial charge < -0.3 is 19.7 Å². The Morgan fingerprint density at radius 3 is 2.67 bits per heavy atom. The van der Waals surface area contributed by atoms with Crippen LogP contribution in [0.5, 0.6) is 11.5 Å². The molecule has 0 aliphatic carbocycles. The summed E-state index contributed by atoms with van der Waals surface area (Å²) in [6, 6.07) is 5.30. The van der Waals surface area contributed by atoms with E-state index in [4.69, 9.17) is 31.3 Å². The minimum atomic E-state index is 0.290. The van der Waals surface area contributed by atoms with Gasteiger partial charge in [0.25, 0.3) is 0 Å². The van der Waals surface area contributed by atoms with E-state index in [1.165, 1.54) is 7.11 Å². The smallest absolute Gasteiger partial charge is 0.180 e. The summed E-state index contributed by atoms with van der Waals surface area (Å²) in [7, 11) is 3.08. The number of methoxy groups -OCH3 is 2. The lowest BCUT2D eigenvalue weighted by Gasteiger charge is -2.11. The quantitative estimate of drug-likeness (QED) is 0.922. The highest BCUT2D eigenvalue weighted by atomic mass is 35.5. The second-order valence-corrected chi connectivity index (χ2v) is 3.92. The van der Waals surface area contributed by atoms with E-state index in [2.05, 4.69) is 5.16 Å². The van der Waals surface area contributed by atoms with Gasteiger partial charge in [-0.2, -0.15) is 0 Å². The van der Waals surface area contributed by atoms with Gasteiger partial charge in [0.2, 0.25) is 0 Å². The molecule has 1 aromatic carbocycles. The molecule has 0 unspecified atom stereocenters.